The van der Waals surface area contributed by atoms with Crippen molar-refractivity contribution in [1.82, 2.24) is 24.8 Å². The van der Waals surface area contributed by atoms with E-state index in [0.717, 1.165) is 0 Å². The van der Waals surface area contributed by atoms with Gasteiger partial charge in [-0.05, 0) is 6.92 Å². The van der Waals surface area contributed by atoms with E-state index in [9.17, 15) is 20.1 Å². The summed E-state index contributed by atoms with van der Waals surface area (Å²) >= 11 is 0. The van der Waals surface area contributed by atoms with E-state index in [1.54, 1.807) is 26.8 Å². The normalized spacial score (nSPS) is 33.1. The minimum Gasteiger partial charge on any atom is -0.383 e. The van der Waals surface area contributed by atoms with Gasteiger partial charge in [0.15, 0.2) is 23.8 Å². The molecule has 3 heterocycles. The molecule has 4 rings (SSSR count). The fraction of sp³-hybridized carbons (Fsp3) is 0.588. The van der Waals surface area contributed by atoms with Gasteiger partial charge in [0.2, 0.25) is 5.82 Å². The van der Waals surface area contributed by atoms with Gasteiger partial charge in [0.25, 0.3) is 5.91 Å². The Morgan fingerprint density at radius 3 is 2.76 bits per heavy atom. The van der Waals surface area contributed by atoms with Gasteiger partial charge in [0.05, 0.1) is 6.33 Å². The number of hydrogen-bond acceptors (Lipinski definition) is 10. The second-order valence-electron chi connectivity index (χ2n) is 7.77. The smallest absolute Gasteiger partial charge is 0.251 e. The van der Waals surface area contributed by atoms with Crippen molar-refractivity contribution in [2.45, 2.75) is 50.4 Å². The van der Waals surface area contributed by atoms with Crippen molar-refractivity contribution in [2.75, 3.05) is 12.3 Å². The lowest BCUT2D eigenvalue weighted by Gasteiger charge is -2.29. The van der Waals surface area contributed by atoms with Crippen LogP contribution in [0.1, 0.15) is 32.8 Å². The summed E-state index contributed by atoms with van der Waals surface area (Å²) < 4.78 is 7.11. The summed E-state index contributed by atoms with van der Waals surface area (Å²) in [4.78, 5) is 24.2. The molecule has 1 saturated heterocycles. The summed E-state index contributed by atoms with van der Waals surface area (Å²) in [6.45, 7) is 5.16. The summed E-state index contributed by atoms with van der Waals surface area (Å²) in [5.74, 6) is -0.962. The van der Waals surface area contributed by atoms with E-state index in [-0.39, 0.29) is 29.4 Å². The molecule has 2 fully saturated rings. The van der Waals surface area contributed by atoms with E-state index in [2.05, 4.69) is 20.3 Å². The number of ether oxygens (including phenoxy) is 1. The molecule has 0 aromatic carbocycles. The van der Waals surface area contributed by atoms with E-state index in [1.807, 2.05) is 0 Å². The number of likely N-dealkylation sites (N-methyl/N-ethyl adjacent to an activating group) is 1. The predicted octanol–water partition coefficient (Wildman–Crippen LogP) is -1.82. The molecule has 1 aliphatic carbocycles. The van der Waals surface area contributed by atoms with Crippen LogP contribution in [0.2, 0.25) is 0 Å². The van der Waals surface area contributed by atoms with Gasteiger partial charge in [0.1, 0.15) is 28.9 Å². The summed E-state index contributed by atoms with van der Waals surface area (Å²) in [5, 5.41) is 44.7. The number of hydrogen-bond donors (Lipinski definition) is 5. The van der Waals surface area contributed by atoms with Crippen molar-refractivity contribution in [1.29, 1.82) is 5.26 Å². The lowest BCUT2D eigenvalue weighted by molar-refractivity contribution is -0.162. The van der Waals surface area contributed by atoms with Gasteiger partial charge >= 0.3 is 0 Å². The van der Waals surface area contributed by atoms with E-state index < -0.39 is 41.0 Å². The maximum absolute atomic E-state index is 12.2. The van der Waals surface area contributed by atoms with Crippen LogP contribution in [-0.2, 0) is 9.53 Å². The van der Waals surface area contributed by atoms with E-state index in [4.69, 9.17) is 15.7 Å². The Balaban J connectivity index is 1.82. The molecule has 6 N–H and O–H groups in total. The van der Waals surface area contributed by atoms with Crippen LogP contribution in [-0.4, -0.2) is 70.7 Å². The average molecular weight is 403 g/mol. The van der Waals surface area contributed by atoms with Crippen LogP contribution in [0.5, 0.6) is 0 Å². The van der Waals surface area contributed by atoms with Crippen LogP contribution in [0.15, 0.2) is 6.33 Å². The molecule has 2 aliphatic rings. The maximum atomic E-state index is 12.2. The number of aliphatic hydroxyl groups is 3. The van der Waals surface area contributed by atoms with Crippen molar-refractivity contribution in [3.63, 3.8) is 0 Å². The number of anilines is 1. The Hall–Kier alpha value is -2.85. The van der Waals surface area contributed by atoms with Gasteiger partial charge in [-0.1, -0.05) is 13.8 Å². The van der Waals surface area contributed by atoms with Gasteiger partial charge in [-0.2, -0.15) is 15.2 Å². The zero-order valence-corrected chi connectivity index (χ0v) is 16.0. The Kier molecular flexibility index (Phi) is 3.91. The number of nitriles is 1. The Morgan fingerprint density at radius 2 is 2.14 bits per heavy atom. The molecule has 1 saturated carbocycles. The minimum absolute atomic E-state index is 0.0282. The van der Waals surface area contributed by atoms with Gasteiger partial charge in [-0.3, -0.25) is 9.36 Å². The van der Waals surface area contributed by atoms with Gasteiger partial charge in [0, 0.05) is 12.0 Å². The molecular formula is C17H21N7O5. The number of nitrogens with two attached hydrogens (primary N) is 1. The first-order valence-corrected chi connectivity index (χ1v) is 9.02. The van der Waals surface area contributed by atoms with E-state index in [0.29, 0.717) is 0 Å². The fourth-order valence-corrected chi connectivity index (χ4v) is 4.45. The summed E-state index contributed by atoms with van der Waals surface area (Å²) in [5.41, 5.74) is 1.22. The summed E-state index contributed by atoms with van der Waals surface area (Å²) in [6.07, 6.45) is -3.09. The van der Waals surface area contributed by atoms with Crippen molar-refractivity contribution in [2.24, 2.45) is 5.41 Å². The second kappa shape index (κ2) is 5.83. The molecule has 29 heavy (non-hydrogen) atoms. The third-order valence-corrected chi connectivity index (χ3v) is 6.18. The number of nitrogen functional groups attached to an aromatic ring is 1. The maximum Gasteiger partial charge on any atom is 0.251 e. The quantitative estimate of drug-likeness (QED) is 0.388. The molecule has 0 bridgehead atoms. The molecule has 0 spiro atoms. The molecule has 2 aromatic rings. The number of carbonyl (C=O) groups is 1. The minimum atomic E-state index is -1.91. The average Bonchev–Trinajstić information content (AvgIpc) is 3.04. The first kappa shape index (κ1) is 19.5. The lowest BCUT2D eigenvalue weighted by Crippen LogP contribution is -2.50. The van der Waals surface area contributed by atoms with Crippen molar-refractivity contribution in [3.05, 3.63) is 12.2 Å². The van der Waals surface area contributed by atoms with Crippen LogP contribution in [0.4, 0.5) is 5.82 Å². The summed E-state index contributed by atoms with van der Waals surface area (Å²) in [6, 6.07) is 1.79. The largest absolute Gasteiger partial charge is 0.383 e. The number of fused-ring (bicyclic) bond motifs is 2. The molecule has 1 aliphatic heterocycles. The number of nitrogens with zero attached hydrogens (tertiary/aromatic N) is 5. The highest BCUT2D eigenvalue weighted by atomic mass is 16.6. The SMILES string of the molecule is CCNC(=O)C(O)[C@H]1O[C@@H](n2cnc3c(N)nc(C#N)nc32)[C@@]2(O)C(C)(C)[C@@]12O. The Bertz CT molecular complexity index is 1060. The summed E-state index contributed by atoms with van der Waals surface area (Å²) in [7, 11) is 0. The number of nitrogens with one attached hydrogen (secondary N) is 1. The zero-order chi connectivity index (χ0) is 21.4. The monoisotopic (exact) mass is 403 g/mol. The van der Waals surface area contributed by atoms with Crippen LogP contribution < -0.4 is 11.1 Å². The molecule has 2 aromatic heterocycles. The van der Waals surface area contributed by atoms with Gasteiger partial charge < -0.3 is 31.1 Å². The number of carbonyl (C=O) groups excluding carboxylic acids is 1. The Morgan fingerprint density at radius 1 is 1.45 bits per heavy atom. The molecule has 5 atom stereocenters. The van der Waals surface area contributed by atoms with Crippen molar-refractivity contribution >= 4 is 22.9 Å². The third kappa shape index (κ3) is 2.10. The first-order valence-electron chi connectivity index (χ1n) is 9.02. The standard InChI is InChI=1S/C17H21N7O5/c1-4-20-13(26)9(25)10-16(27)15(2,3)17(16,28)14(29-10)24-6-21-8-11(19)22-7(5-18)23-12(8)24/h6,9-10,14,25,27-28H,4H2,1-3H3,(H,20,26)(H2,19,22,23)/t9?,10-,14-,16+,17-/m1/s1. The predicted molar refractivity (Wildman–Crippen MR) is 96.7 cm³/mol. The number of rotatable bonds is 4. The van der Waals surface area contributed by atoms with Gasteiger partial charge in [-0.15, -0.1) is 0 Å². The highest BCUT2D eigenvalue weighted by Crippen LogP contribution is 2.75. The van der Waals surface area contributed by atoms with E-state index >= 15 is 0 Å². The van der Waals surface area contributed by atoms with Crippen LogP contribution >= 0.6 is 0 Å². The third-order valence-electron chi connectivity index (χ3n) is 6.18. The van der Waals surface area contributed by atoms with Crippen LogP contribution in [0, 0.1) is 16.7 Å². The molecule has 1 unspecified atom stereocenters. The van der Waals surface area contributed by atoms with Crippen LogP contribution in [0.3, 0.4) is 0 Å². The molecule has 1 amide bonds. The number of aromatic nitrogens is 4. The highest BCUT2D eigenvalue weighted by molar-refractivity contribution is 5.83. The molecular weight excluding hydrogens is 382 g/mol. The first-order chi connectivity index (χ1) is 13.6. The number of imidazole rings is 1. The molecule has 154 valence electrons. The molecule has 12 heteroatoms. The van der Waals surface area contributed by atoms with E-state index in [1.165, 1.54) is 10.9 Å². The Labute approximate surface area is 164 Å². The van der Waals surface area contributed by atoms with Crippen LogP contribution in [0.25, 0.3) is 11.2 Å². The van der Waals surface area contributed by atoms with Crippen molar-refractivity contribution < 1.29 is 24.9 Å². The topological polar surface area (TPSA) is 192 Å². The molecule has 0 radical (unpaired) electrons. The fourth-order valence-electron chi connectivity index (χ4n) is 4.45. The molecule has 12 nitrogen and oxygen atoms in total. The van der Waals surface area contributed by atoms with Crippen molar-refractivity contribution in [3.8, 4) is 6.07 Å². The highest BCUT2D eigenvalue weighted by Gasteiger charge is 2.93. The zero-order valence-electron chi connectivity index (χ0n) is 16.0. The van der Waals surface area contributed by atoms with Gasteiger partial charge in [-0.25, -0.2) is 4.98 Å². The lowest BCUT2D eigenvalue weighted by atomic mass is 9.97. The number of aliphatic hydroxyl groups excluding tert-OH is 1. The number of amides is 1. The second-order valence-corrected chi connectivity index (χ2v) is 7.77.